The van der Waals surface area contributed by atoms with Gasteiger partial charge in [-0.05, 0) is 43.4 Å². The number of fused-ring (bicyclic) bond motifs is 1. The first kappa shape index (κ1) is 14.4. The van der Waals surface area contributed by atoms with E-state index in [4.69, 9.17) is 0 Å². The molecule has 1 aliphatic heterocycles. The van der Waals surface area contributed by atoms with Crippen LogP contribution in [-0.4, -0.2) is 29.1 Å². The van der Waals surface area contributed by atoms with E-state index in [1.807, 2.05) is 6.92 Å². The Hall–Kier alpha value is -1.49. The fourth-order valence-corrected chi connectivity index (χ4v) is 3.96. The third-order valence-corrected chi connectivity index (χ3v) is 5.30. The molecule has 0 spiro atoms. The first-order valence-electron chi connectivity index (χ1n) is 7.36. The predicted molar refractivity (Wildman–Crippen MR) is 73.8 cm³/mol. The van der Waals surface area contributed by atoms with Crippen molar-refractivity contribution >= 4 is 5.97 Å². The van der Waals surface area contributed by atoms with Crippen molar-refractivity contribution in [1.82, 2.24) is 4.90 Å². The normalized spacial score (nSPS) is 30.3. The van der Waals surface area contributed by atoms with E-state index in [0.717, 1.165) is 18.9 Å². The van der Waals surface area contributed by atoms with Crippen LogP contribution in [0.3, 0.4) is 0 Å². The molecule has 1 unspecified atom stereocenters. The van der Waals surface area contributed by atoms with Gasteiger partial charge in [0.25, 0.3) is 0 Å². The van der Waals surface area contributed by atoms with E-state index in [1.54, 1.807) is 6.07 Å². The molecule has 1 aliphatic carbocycles. The molecule has 1 aromatic carbocycles. The van der Waals surface area contributed by atoms with E-state index in [2.05, 4.69) is 4.90 Å². The lowest BCUT2D eigenvalue weighted by Gasteiger charge is -2.27. The molecule has 1 saturated heterocycles. The standard InChI is InChI=1S/C16H19F2NO2/c1-10(11-4-5-13(17)14(18)7-11)19-8-12-3-2-6-16(12,9-19)15(20)21/h4-5,7,10,12H,2-3,6,8-9H2,1H3,(H,20,21)/t10?,12-,16+/m0/s1. The highest BCUT2D eigenvalue weighted by Crippen LogP contribution is 2.50. The van der Waals surface area contributed by atoms with Crippen LogP contribution in [0.15, 0.2) is 18.2 Å². The van der Waals surface area contributed by atoms with Crippen LogP contribution in [0.25, 0.3) is 0 Å². The Labute approximate surface area is 122 Å². The molecule has 114 valence electrons. The molecule has 2 aliphatic rings. The van der Waals surface area contributed by atoms with E-state index in [-0.39, 0.29) is 12.0 Å². The summed E-state index contributed by atoms with van der Waals surface area (Å²) in [5.74, 6) is -2.26. The molecule has 3 nitrogen and oxygen atoms in total. The summed E-state index contributed by atoms with van der Waals surface area (Å²) in [6.45, 7) is 3.13. The van der Waals surface area contributed by atoms with Gasteiger partial charge in [0.15, 0.2) is 11.6 Å². The van der Waals surface area contributed by atoms with Gasteiger partial charge in [-0.15, -0.1) is 0 Å². The topological polar surface area (TPSA) is 40.5 Å². The zero-order valence-electron chi connectivity index (χ0n) is 12.0. The van der Waals surface area contributed by atoms with Crippen molar-refractivity contribution < 1.29 is 18.7 Å². The number of nitrogens with zero attached hydrogens (tertiary/aromatic N) is 1. The highest BCUT2D eigenvalue weighted by molar-refractivity contribution is 5.76. The number of halogens is 2. The molecule has 1 N–H and O–H groups in total. The number of carbonyl (C=O) groups is 1. The van der Waals surface area contributed by atoms with Gasteiger partial charge in [0.1, 0.15) is 0 Å². The highest BCUT2D eigenvalue weighted by Gasteiger charge is 2.55. The summed E-state index contributed by atoms with van der Waals surface area (Å²) in [4.78, 5) is 13.8. The number of benzene rings is 1. The summed E-state index contributed by atoms with van der Waals surface area (Å²) in [6, 6.07) is 3.80. The minimum Gasteiger partial charge on any atom is -0.481 e. The van der Waals surface area contributed by atoms with Crippen molar-refractivity contribution in [2.75, 3.05) is 13.1 Å². The summed E-state index contributed by atoms with van der Waals surface area (Å²) in [6.07, 6.45) is 2.62. The number of rotatable bonds is 3. The molecule has 3 atom stereocenters. The Bertz CT molecular complexity index is 577. The van der Waals surface area contributed by atoms with Gasteiger partial charge in [0.2, 0.25) is 0 Å². The molecule has 0 radical (unpaired) electrons. The monoisotopic (exact) mass is 295 g/mol. The zero-order chi connectivity index (χ0) is 15.2. The van der Waals surface area contributed by atoms with Gasteiger partial charge in [-0.3, -0.25) is 9.69 Å². The summed E-state index contributed by atoms with van der Waals surface area (Å²) >= 11 is 0. The van der Waals surface area contributed by atoms with Crippen molar-refractivity contribution in [3.8, 4) is 0 Å². The second-order valence-electron chi connectivity index (χ2n) is 6.33. The zero-order valence-corrected chi connectivity index (χ0v) is 12.0. The molecule has 0 amide bonds. The maximum Gasteiger partial charge on any atom is 0.311 e. The fourth-order valence-electron chi connectivity index (χ4n) is 3.96. The second-order valence-corrected chi connectivity index (χ2v) is 6.33. The number of aliphatic carboxylic acids is 1. The average Bonchev–Trinajstić information content (AvgIpc) is 2.98. The number of hydrogen-bond donors (Lipinski definition) is 1. The fraction of sp³-hybridized carbons (Fsp3) is 0.562. The van der Waals surface area contributed by atoms with Crippen LogP contribution >= 0.6 is 0 Å². The quantitative estimate of drug-likeness (QED) is 0.931. The van der Waals surface area contributed by atoms with Crippen molar-refractivity contribution in [2.24, 2.45) is 11.3 Å². The Kier molecular flexibility index (Phi) is 3.48. The molecule has 1 saturated carbocycles. The van der Waals surface area contributed by atoms with Crippen LogP contribution in [0, 0.1) is 23.0 Å². The van der Waals surface area contributed by atoms with Gasteiger partial charge in [-0.2, -0.15) is 0 Å². The smallest absolute Gasteiger partial charge is 0.311 e. The van der Waals surface area contributed by atoms with Gasteiger partial charge < -0.3 is 5.11 Å². The highest BCUT2D eigenvalue weighted by atomic mass is 19.2. The molecule has 2 fully saturated rings. The second kappa shape index (κ2) is 5.05. The summed E-state index contributed by atoms with van der Waals surface area (Å²) in [7, 11) is 0. The average molecular weight is 295 g/mol. The largest absolute Gasteiger partial charge is 0.481 e. The van der Waals surface area contributed by atoms with Gasteiger partial charge >= 0.3 is 5.97 Å². The van der Waals surface area contributed by atoms with Crippen molar-refractivity contribution in [3.63, 3.8) is 0 Å². The molecule has 0 bridgehead atoms. The number of carboxylic acid groups (broad SMARTS) is 1. The molecule has 5 heteroatoms. The van der Waals surface area contributed by atoms with Crippen LogP contribution in [0.2, 0.25) is 0 Å². The Balaban J connectivity index is 1.82. The lowest BCUT2D eigenvalue weighted by molar-refractivity contribution is -0.149. The first-order valence-corrected chi connectivity index (χ1v) is 7.36. The van der Waals surface area contributed by atoms with E-state index >= 15 is 0 Å². The van der Waals surface area contributed by atoms with E-state index in [9.17, 15) is 18.7 Å². The molecule has 1 heterocycles. The maximum absolute atomic E-state index is 13.4. The minimum absolute atomic E-state index is 0.109. The maximum atomic E-state index is 13.4. The third kappa shape index (κ3) is 2.24. The van der Waals surface area contributed by atoms with Crippen LogP contribution in [-0.2, 0) is 4.79 Å². The molecular formula is C16H19F2NO2. The molecule has 1 aromatic rings. The van der Waals surface area contributed by atoms with E-state index in [0.29, 0.717) is 25.1 Å². The SMILES string of the molecule is CC(c1ccc(F)c(F)c1)N1C[C@@H]2CCC[C@@]2(C(=O)O)C1. The molecule has 21 heavy (non-hydrogen) atoms. The van der Waals surface area contributed by atoms with Crippen LogP contribution in [0.1, 0.15) is 37.8 Å². The third-order valence-electron chi connectivity index (χ3n) is 5.30. The van der Waals surface area contributed by atoms with E-state index in [1.165, 1.54) is 6.07 Å². The summed E-state index contributed by atoms with van der Waals surface area (Å²) in [5, 5.41) is 9.59. The predicted octanol–water partition coefficient (Wildman–Crippen LogP) is 3.21. The number of hydrogen-bond acceptors (Lipinski definition) is 2. The van der Waals surface area contributed by atoms with Gasteiger partial charge in [0.05, 0.1) is 5.41 Å². The summed E-state index contributed by atoms with van der Waals surface area (Å²) < 4.78 is 26.4. The Morgan fingerprint density at radius 3 is 2.81 bits per heavy atom. The van der Waals surface area contributed by atoms with Crippen LogP contribution in [0.5, 0.6) is 0 Å². The van der Waals surface area contributed by atoms with E-state index < -0.39 is 23.0 Å². The first-order chi connectivity index (χ1) is 9.94. The van der Waals surface area contributed by atoms with Gasteiger partial charge in [0, 0.05) is 19.1 Å². The van der Waals surface area contributed by atoms with Crippen molar-refractivity contribution in [2.45, 2.75) is 32.2 Å². The minimum atomic E-state index is -0.855. The molecule has 3 rings (SSSR count). The lowest BCUT2D eigenvalue weighted by atomic mass is 9.81. The number of carboxylic acids is 1. The lowest BCUT2D eigenvalue weighted by Crippen LogP contribution is -2.36. The van der Waals surface area contributed by atoms with Gasteiger partial charge in [-0.1, -0.05) is 12.5 Å². The summed E-state index contributed by atoms with van der Waals surface area (Å²) in [5.41, 5.74) is 0.0433. The van der Waals surface area contributed by atoms with Gasteiger partial charge in [-0.25, -0.2) is 8.78 Å². The van der Waals surface area contributed by atoms with Crippen LogP contribution < -0.4 is 0 Å². The van der Waals surface area contributed by atoms with Crippen molar-refractivity contribution in [1.29, 1.82) is 0 Å². The van der Waals surface area contributed by atoms with Crippen molar-refractivity contribution in [3.05, 3.63) is 35.4 Å². The number of likely N-dealkylation sites (tertiary alicyclic amines) is 1. The Morgan fingerprint density at radius 2 is 2.19 bits per heavy atom. The molecular weight excluding hydrogens is 276 g/mol. The molecule has 0 aromatic heterocycles. The Morgan fingerprint density at radius 1 is 1.43 bits per heavy atom. The van der Waals surface area contributed by atoms with Crippen LogP contribution in [0.4, 0.5) is 8.78 Å².